The number of hydrogen-bond acceptors (Lipinski definition) is 6. The van der Waals surface area contributed by atoms with Crippen molar-refractivity contribution in [1.29, 1.82) is 0 Å². The Kier molecular flexibility index (Phi) is 3.79. The molecule has 1 aromatic carbocycles. The highest BCUT2D eigenvalue weighted by molar-refractivity contribution is 5.37. The Balaban J connectivity index is 2.17. The molecule has 0 saturated heterocycles. The van der Waals surface area contributed by atoms with E-state index in [9.17, 15) is 0 Å². The zero-order valence-corrected chi connectivity index (χ0v) is 11.2. The van der Waals surface area contributed by atoms with Crippen molar-refractivity contribution in [2.45, 2.75) is 19.9 Å². The van der Waals surface area contributed by atoms with Gasteiger partial charge in [0.15, 0.2) is 0 Å². The smallest absolute Gasteiger partial charge is 0.228 e. The topological polar surface area (TPSA) is 86.0 Å². The van der Waals surface area contributed by atoms with Crippen molar-refractivity contribution >= 4 is 11.9 Å². The highest BCUT2D eigenvalue weighted by Crippen LogP contribution is 2.21. The minimum Gasteiger partial charge on any atom is -0.497 e. The van der Waals surface area contributed by atoms with Crippen molar-refractivity contribution in [3.8, 4) is 5.75 Å². The third-order valence-electron chi connectivity index (χ3n) is 2.70. The second-order valence-corrected chi connectivity index (χ2v) is 4.21. The molecule has 0 bridgehead atoms. The lowest BCUT2D eigenvalue weighted by Crippen LogP contribution is -2.12. The van der Waals surface area contributed by atoms with Gasteiger partial charge in [0.2, 0.25) is 11.9 Å². The number of hydrogen-bond donors (Lipinski definition) is 2. The number of benzene rings is 1. The highest BCUT2D eigenvalue weighted by Gasteiger charge is 2.09. The molecule has 1 unspecified atom stereocenters. The predicted molar refractivity (Wildman–Crippen MR) is 74.0 cm³/mol. The number of nitrogen functional groups attached to an aromatic ring is 1. The fourth-order valence-electron chi connectivity index (χ4n) is 1.75. The van der Waals surface area contributed by atoms with E-state index in [-0.39, 0.29) is 12.0 Å². The van der Waals surface area contributed by atoms with Crippen LogP contribution in [0.25, 0.3) is 0 Å². The number of rotatable bonds is 4. The van der Waals surface area contributed by atoms with Crippen LogP contribution >= 0.6 is 0 Å². The number of methoxy groups -OCH3 is 1. The van der Waals surface area contributed by atoms with Crippen LogP contribution in [0.4, 0.5) is 11.9 Å². The van der Waals surface area contributed by atoms with E-state index in [0.29, 0.717) is 11.8 Å². The van der Waals surface area contributed by atoms with Gasteiger partial charge >= 0.3 is 0 Å². The first-order valence-electron chi connectivity index (χ1n) is 5.97. The van der Waals surface area contributed by atoms with Gasteiger partial charge in [0.05, 0.1) is 13.2 Å². The van der Waals surface area contributed by atoms with E-state index in [1.807, 2.05) is 31.2 Å². The Morgan fingerprint density at radius 1 is 1.26 bits per heavy atom. The molecule has 0 aliphatic rings. The molecule has 6 heteroatoms. The van der Waals surface area contributed by atoms with Crippen LogP contribution in [0.1, 0.15) is 24.4 Å². The Labute approximate surface area is 112 Å². The minimum atomic E-state index is 0.0382. The Morgan fingerprint density at radius 3 is 2.74 bits per heavy atom. The first kappa shape index (κ1) is 13.1. The number of anilines is 2. The lowest BCUT2D eigenvalue weighted by Gasteiger charge is -2.15. The third kappa shape index (κ3) is 3.31. The molecule has 3 N–H and O–H groups in total. The van der Waals surface area contributed by atoms with E-state index in [2.05, 4.69) is 20.3 Å². The standard InChI is InChI=1S/C13H17N5O/c1-8(10-5-4-6-11(7-10)19-3)15-13-17-9(2)16-12(14)18-13/h4-8H,1-3H3,(H3,14,15,16,17,18). The summed E-state index contributed by atoms with van der Waals surface area (Å²) in [4.78, 5) is 12.2. The first-order chi connectivity index (χ1) is 9.08. The van der Waals surface area contributed by atoms with Crippen molar-refractivity contribution in [2.24, 2.45) is 0 Å². The second-order valence-electron chi connectivity index (χ2n) is 4.21. The lowest BCUT2D eigenvalue weighted by atomic mass is 10.1. The van der Waals surface area contributed by atoms with E-state index in [1.54, 1.807) is 14.0 Å². The highest BCUT2D eigenvalue weighted by atomic mass is 16.5. The molecular weight excluding hydrogens is 242 g/mol. The molecule has 2 rings (SSSR count). The van der Waals surface area contributed by atoms with Gasteiger partial charge in [0, 0.05) is 0 Å². The third-order valence-corrected chi connectivity index (χ3v) is 2.70. The molecule has 19 heavy (non-hydrogen) atoms. The molecule has 0 aliphatic heterocycles. The van der Waals surface area contributed by atoms with Crippen LogP contribution in [0.5, 0.6) is 5.75 Å². The number of nitrogens with one attached hydrogen (secondary N) is 1. The van der Waals surface area contributed by atoms with Crippen LogP contribution < -0.4 is 15.8 Å². The van der Waals surface area contributed by atoms with Gasteiger partial charge < -0.3 is 15.8 Å². The summed E-state index contributed by atoms with van der Waals surface area (Å²) < 4.78 is 5.20. The van der Waals surface area contributed by atoms with E-state index < -0.39 is 0 Å². The molecule has 0 aliphatic carbocycles. The maximum absolute atomic E-state index is 5.60. The lowest BCUT2D eigenvalue weighted by molar-refractivity contribution is 0.414. The molecule has 2 aromatic rings. The monoisotopic (exact) mass is 259 g/mol. The van der Waals surface area contributed by atoms with E-state index in [4.69, 9.17) is 10.5 Å². The van der Waals surface area contributed by atoms with Gasteiger partial charge in [-0.1, -0.05) is 12.1 Å². The van der Waals surface area contributed by atoms with Gasteiger partial charge in [-0.05, 0) is 31.5 Å². The largest absolute Gasteiger partial charge is 0.497 e. The summed E-state index contributed by atoms with van der Waals surface area (Å²) >= 11 is 0. The molecule has 1 atom stereocenters. The average molecular weight is 259 g/mol. The summed E-state index contributed by atoms with van der Waals surface area (Å²) in [5.41, 5.74) is 6.68. The first-order valence-corrected chi connectivity index (χ1v) is 5.97. The van der Waals surface area contributed by atoms with E-state index in [1.165, 1.54) is 0 Å². The van der Waals surface area contributed by atoms with Crippen LogP contribution in [-0.2, 0) is 0 Å². The molecular formula is C13H17N5O. The molecule has 6 nitrogen and oxygen atoms in total. The Bertz CT molecular complexity index is 552. The van der Waals surface area contributed by atoms with Gasteiger partial charge in [0.1, 0.15) is 11.6 Å². The van der Waals surface area contributed by atoms with Crippen molar-refractivity contribution in [1.82, 2.24) is 15.0 Å². The Morgan fingerprint density at radius 2 is 2.05 bits per heavy atom. The van der Waals surface area contributed by atoms with Gasteiger partial charge in [-0.3, -0.25) is 0 Å². The van der Waals surface area contributed by atoms with Crippen LogP contribution in [0.2, 0.25) is 0 Å². The summed E-state index contributed by atoms with van der Waals surface area (Å²) in [6.07, 6.45) is 0. The number of nitrogens with zero attached hydrogens (tertiary/aromatic N) is 3. The summed E-state index contributed by atoms with van der Waals surface area (Å²) in [5.74, 6) is 2.10. The van der Waals surface area contributed by atoms with Crippen molar-refractivity contribution in [2.75, 3.05) is 18.2 Å². The molecule has 0 fully saturated rings. The van der Waals surface area contributed by atoms with Gasteiger partial charge in [-0.15, -0.1) is 0 Å². The van der Waals surface area contributed by atoms with Crippen LogP contribution in [0.15, 0.2) is 24.3 Å². The molecule has 0 spiro atoms. The zero-order chi connectivity index (χ0) is 13.8. The van der Waals surface area contributed by atoms with Gasteiger partial charge in [-0.2, -0.15) is 15.0 Å². The SMILES string of the molecule is COc1cccc(C(C)Nc2nc(C)nc(N)n2)c1. The number of ether oxygens (including phenoxy) is 1. The van der Waals surface area contributed by atoms with Crippen molar-refractivity contribution < 1.29 is 4.74 Å². The molecule has 1 heterocycles. The van der Waals surface area contributed by atoms with Crippen molar-refractivity contribution in [3.63, 3.8) is 0 Å². The second kappa shape index (κ2) is 5.51. The fraction of sp³-hybridized carbons (Fsp3) is 0.308. The van der Waals surface area contributed by atoms with Crippen LogP contribution in [0.3, 0.4) is 0 Å². The summed E-state index contributed by atoms with van der Waals surface area (Å²) in [5, 5.41) is 3.19. The molecule has 0 radical (unpaired) electrons. The predicted octanol–water partition coefficient (Wildman–Crippen LogP) is 1.94. The molecule has 0 amide bonds. The maximum Gasteiger partial charge on any atom is 0.228 e. The van der Waals surface area contributed by atoms with E-state index >= 15 is 0 Å². The quantitative estimate of drug-likeness (QED) is 0.872. The van der Waals surface area contributed by atoms with Gasteiger partial charge in [0.25, 0.3) is 0 Å². The van der Waals surface area contributed by atoms with Crippen LogP contribution in [-0.4, -0.2) is 22.1 Å². The minimum absolute atomic E-state index is 0.0382. The maximum atomic E-state index is 5.60. The van der Waals surface area contributed by atoms with Crippen LogP contribution in [0, 0.1) is 6.92 Å². The molecule has 0 saturated carbocycles. The molecule has 1 aromatic heterocycles. The summed E-state index contributed by atoms with van der Waals surface area (Å²) in [7, 11) is 1.65. The zero-order valence-electron chi connectivity index (χ0n) is 11.2. The summed E-state index contributed by atoms with van der Waals surface area (Å²) in [6, 6.07) is 7.86. The number of aromatic nitrogens is 3. The number of nitrogens with two attached hydrogens (primary N) is 1. The van der Waals surface area contributed by atoms with Crippen molar-refractivity contribution in [3.05, 3.63) is 35.7 Å². The fourth-order valence-corrected chi connectivity index (χ4v) is 1.75. The molecule has 100 valence electrons. The average Bonchev–Trinajstić information content (AvgIpc) is 2.37. The van der Waals surface area contributed by atoms with Gasteiger partial charge in [-0.25, -0.2) is 0 Å². The summed E-state index contributed by atoms with van der Waals surface area (Å²) in [6.45, 7) is 3.80. The Hall–Kier alpha value is -2.37. The normalized spacial score (nSPS) is 11.9. The van der Waals surface area contributed by atoms with E-state index in [0.717, 1.165) is 11.3 Å². The number of aryl methyl sites for hydroxylation is 1.